The van der Waals surface area contributed by atoms with E-state index < -0.39 is 17.9 Å². The number of aliphatic hydroxyl groups is 1. The number of H-pyrrole nitrogens is 2. The van der Waals surface area contributed by atoms with Crippen LogP contribution in [0.25, 0.3) is 29.6 Å². The van der Waals surface area contributed by atoms with Crippen LogP contribution in [-0.4, -0.2) is 52.6 Å². The molecule has 0 radical (unpaired) electrons. The Hall–Kier alpha value is -4.73. The third kappa shape index (κ3) is 7.61. The molecule has 8 bridgehead atoms. The standard InChI is InChI=1S/C45H60N4O6/c1-11-29-24(5)31-21-36-38(28(9)50)26(7)33(47-36)19-32-25(6)30(15-16-37(51)55-18-17-23(4)14-12-13-22(2)3)42(48-32)40-41(45(53)54-10)44(52)39-27(8)34(49-43(39)40)20-35(29)46-31/h17,19-22,24-25,29-30,41-42,46-49,52H,11-16,18H2,1-10H3/b23-17-,31-21-,32-19-,35-20-/t24-,25+,29-,30+,41-,42?/m1/s1. The third-order valence-corrected chi connectivity index (χ3v) is 12.6. The number of esters is 2. The summed E-state index contributed by atoms with van der Waals surface area (Å²) in [6.45, 7) is 18.8. The zero-order valence-corrected chi connectivity index (χ0v) is 34.3. The number of aliphatic hydroxyl groups excluding tert-OH is 1. The summed E-state index contributed by atoms with van der Waals surface area (Å²) in [5, 5.41) is 20.6. The number of rotatable bonds is 12. The van der Waals surface area contributed by atoms with Gasteiger partial charge in [0.2, 0.25) is 0 Å². The molecule has 3 aliphatic heterocycles. The van der Waals surface area contributed by atoms with E-state index in [4.69, 9.17) is 9.47 Å². The average Bonchev–Trinajstić information content (AvgIpc) is 3.87. The normalized spacial score (nSPS) is 27.2. The van der Waals surface area contributed by atoms with E-state index in [1.54, 1.807) is 6.92 Å². The van der Waals surface area contributed by atoms with Gasteiger partial charge in [-0.05, 0) is 106 Å². The molecular formula is C45H60N4O6. The van der Waals surface area contributed by atoms with Crippen molar-refractivity contribution in [3.63, 3.8) is 0 Å². The van der Waals surface area contributed by atoms with Crippen LogP contribution in [-0.2, 0) is 19.1 Å². The summed E-state index contributed by atoms with van der Waals surface area (Å²) in [5.74, 6) is -1.09. The molecule has 1 aliphatic carbocycles. The molecular weight excluding hydrogens is 693 g/mol. The molecule has 55 heavy (non-hydrogen) atoms. The van der Waals surface area contributed by atoms with E-state index in [2.05, 4.69) is 80.4 Å². The highest BCUT2D eigenvalue weighted by molar-refractivity contribution is 6.00. The van der Waals surface area contributed by atoms with Crippen LogP contribution in [0.1, 0.15) is 126 Å². The highest BCUT2D eigenvalue weighted by Crippen LogP contribution is 2.43. The second kappa shape index (κ2) is 16.2. The van der Waals surface area contributed by atoms with Crippen LogP contribution in [0.5, 0.6) is 0 Å². The first-order valence-electron chi connectivity index (χ1n) is 20.1. The van der Waals surface area contributed by atoms with Gasteiger partial charge in [0.05, 0.1) is 24.2 Å². The van der Waals surface area contributed by atoms with Crippen LogP contribution >= 0.6 is 0 Å². The molecule has 0 aromatic carbocycles. The Balaban J connectivity index is 1.45. The number of allylic oxidation sites excluding steroid dienone is 4. The number of ketones is 1. The van der Waals surface area contributed by atoms with Gasteiger partial charge < -0.3 is 35.2 Å². The minimum absolute atomic E-state index is 0.0193. The molecule has 0 amide bonds. The summed E-state index contributed by atoms with van der Waals surface area (Å²) >= 11 is 0. The molecule has 4 aliphatic rings. The molecule has 10 nitrogen and oxygen atoms in total. The fourth-order valence-corrected chi connectivity index (χ4v) is 9.34. The van der Waals surface area contributed by atoms with Crippen molar-refractivity contribution in [3.05, 3.63) is 73.1 Å². The van der Waals surface area contributed by atoms with Gasteiger partial charge in [-0.25, -0.2) is 0 Å². The SMILES string of the molecule is CC[C@H]1/C2=C/c3[nH]c4c(c3C)=C(O)[C@H](C(=O)OC)C=4C3N/C(=C\c4[nH]c(c(C(C)=O)c4C)/C=C(\N2)[C@@H]1C)[C@@H](C)[C@@H]3CCC(=O)OC/C=C(/C)CCCC(C)C. The monoisotopic (exact) mass is 752 g/mol. The molecule has 0 spiro atoms. The Labute approximate surface area is 325 Å². The predicted octanol–water partition coefficient (Wildman–Crippen LogP) is 7.10. The lowest BCUT2D eigenvalue weighted by Crippen LogP contribution is -2.38. The third-order valence-electron chi connectivity index (χ3n) is 12.6. The number of carbonyl (C=O) groups is 3. The second-order valence-electron chi connectivity index (χ2n) is 16.6. The van der Waals surface area contributed by atoms with Gasteiger partial charge >= 0.3 is 11.9 Å². The molecule has 5 N–H and O–H groups in total. The molecule has 2 saturated heterocycles. The Morgan fingerprint density at radius 3 is 2.29 bits per heavy atom. The van der Waals surface area contributed by atoms with Gasteiger partial charge in [0.25, 0.3) is 0 Å². The first-order chi connectivity index (χ1) is 26.2. The summed E-state index contributed by atoms with van der Waals surface area (Å²) in [5.41, 5.74) is 9.65. The number of ether oxygens (including phenoxy) is 2. The van der Waals surface area contributed by atoms with E-state index in [-0.39, 0.29) is 54.2 Å². The molecule has 10 heteroatoms. The van der Waals surface area contributed by atoms with Crippen molar-refractivity contribution in [1.82, 2.24) is 20.6 Å². The molecule has 6 atom stereocenters. The molecule has 2 aromatic heterocycles. The van der Waals surface area contributed by atoms with Crippen molar-refractivity contribution >= 4 is 47.3 Å². The number of aromatic nitrogens is 2. The lowest BCUT2D eigenvalue weighted by Gasteiger charge is -2.26. The fraction of sp³-hybridized carbons (Fsp3) is 0.533. The van der Waals surface area contributed by atoms with Crippen molar-refractivity contribution in [1.29, 1.82) is 0 Å². The molecule has 6 rings (SSSR count). The Bertz CT molecular complexity index is 2120. The van der Waals surface area contributed by atoms with Gasteiger partial charge in [-0.1, -0.05) is 46.6 Å². The average molecular weight is 753 g/mol. The van der Waals surface area contributed by atoms with Gasteiger partial charge in [0.15, 0.2) is 5.78 Å². The van der Waals surface area contributed by atoms with Crippen LogP contribution in [0, 0.1) is 49.4 Å². The molecule has 1 unspecified atom stereocenters. The molecule has 2 aromatic rings. The maximum atomic E-state index is 13.6. The predicted molar refractivity (Wildman–Crippen MR) is 217 cm³/mol. The van der Waals surface area contributed by atoms with E-state index in [1.807, 2.05) is 19.9 Å². The highest BCUT2D eigenvalue weighted by Gasteiger charge is 2.47. The van der Waals surface area contributed by atoms with E-state index >= 15 is 0 Å². The first-order valence-corrected chi connectivity index (χ1v) is 20.1. The van der Waals surface area contributed by atoms with E-state index in [0.717, 1.165) is 64.6 Å². The zero-order valence-electron chi connectivity index (χ0n) is 34.3. The minimum atomic E-state index is -1.02. The van der Waals surface area contributed by atoms with Crippen molar-refractivity contribution in [3.8, 4) is 0 Å². The smallest absolute Gasteiger partial charge is 0.320 e. The number of methoxy groups -OCH3 is 1. The molecule has 296 valence electrons. The van der Waals surface area contributed by atoms with Crippen LogP contribution in [0.2, 0.25) is 0 Å². The Morgan fingerprint density at radius 2 is 1.62 bits per heavy atom. The number of hydrogen-bond acceptors (Lipinski definition) is 8. The van der Waals surface area contributed by atoms with Gasteiger partial charge in [0, 0.05) is 63.4 Å². The number of nitrogens with one attached hydrogen (secondary N) is 4. The van der Waals surface area contributed by atoms with Crippen molar-refractivity contribution < 1.29 is 29.0 Å². The summed E-state index contributed by atoms with van der Waals surface area (Å²) in [7, 11) is 1.34. The van der Waals surface area contributed by atoms with Gasteiger partial charge in [-0.2, -0.15) is 0 Å². The van der Waals surface area contributed by atoms with E-state index in [0.29, 0.717) is 34.0 Å². The summed E-state index contributed by atoms with van der Waals surface area (Å²) in [4.78, 5) is 47.2. The van der Waals surface area contributed by atoms with Gasteiger partial charge in [0.1, 0.15) is 18.3 Å². The number of Topliss-reactive ketones (excluding diaryl/α,β-unsaturated/α-hetero) is 1. The zero-order chi connectivity index (χ0) is 39.9. The van der Waals surface area contributed by atoms with E-state index in [9.17, 15) is 19.5 Å². The van der Waals surface area contributed by atoms with Crippen LogP contribution in [0.4, 0.5) is 0 Å². The first kappa shape index (κ1) is 39.9. The van der Waals surface area contributed by atoms with Crippen LogP contribution < -0.4 is 21.2 Å². The fourth-order valence-electron chi connectivity index (χ4n) is 9.34. The number of aromatic amines is 2. The highest BCUT2D eigenvalue weighted by atomic mass is 16.5. The van der Waals surface area contributed by atoms with Crippen molar-refractivity contribution in [2.75, 3.05) is 13.7 Å². The molecule has 0 saturated carbocycles. The Morgan fingerprint density at radius 1 is 0.927 bits per heavy atom. The lowest BCUT2D eigenvalue weighted by molar-refractivity contribution is -0.143. The van der Waals surface area contributed by atoms with Crippen LogP contribution in [0.3, 0.4) is 0 Å². The quantitative estimate of drug-likeness (QED) is 0.0877. The Kier molecular flexibility index (Phi) is 11.7. The summed E-state index contributed by atoms with van der Waals surface area (Å²) in [6.07, 6.45) is 13.1. The van der Waals surface area contributed by atoms with Gasteiger partial charge in [-0.3, -0.25) is 14.4 Å². The molecule has 5 heterocycles. The second-order valence-corrected chi connectivity index (χ2v) is 16.6. The summed E-state index contributed by atoms with van der Waals surface area (Å²) < 4.78 is 11.0. The number of carbonyl (C=O) groups excluding carboxylic acids is 3. The number of fused-ring (bicyclic) bond motifs is 8. The van der Waals surface area contributed by atoms with Gasteiger partial charge in [-0.15, -0.1) is 0 Å². The number of hydrogen-bond donors (Lipinski definition) is 5. The summed E-state index contributed by atoms with van der Waals surface area (Å²) in [6, 6.07) is -0.433. The molecule has 2 fully saturated rings. The largest absolute Gasteiger partial charge is 0.510 e. The van der Waals surface area contributed by atoms with E-state index in [1.165, 1.54) is 19.1 Å². The maximum Gasteiger partial charge on any atom is 0.320 e. The topological polar surface area (TPSA) is 146 Å². The van der Waals surface area contributed by atoms with Crippen molar-refractivity contribution in [2.45, 2.75) is 107 Å². The lowest BCUT2D eigenvalue weighted by atomic mass is 9.80. The maximum absolute atomic E-state index is 13.6. The van der Waals surface area contributed by atoms with Crippen molar-refractivity contribution in [2.24, 2.45) is 35.5 Å². The minimum Gasteiger partial charge on any atom is -0.510 e. The van der Waals surface area contributed by atoms with Crippen LogP contribution in [0.15, 0.2) is 28.7 Å².